The summed E-state index contributed by atoms with van der Waals surface area (Å²) in [5.41, 5.74) is 5.92. The minimum absolute atomic E-state index is 0.0366. The fraction of sp³-hybridized carbons (Fsp3) is 0.306. The molecule has 234 valence electrons. The van der Waals surface area contributed by atoms with E-state index in [-0.39, 0.29) is 23.1 Å². The van der Waals surface area contributed by atoms with Crippen molar-refractivity contribution in [1.29, 1.82) is 0 Å². The number of hydrogen-bond donors (Lipinski definition) is 1. The number of amides is 1. The molecular weight excluding hydrogens is 590 g/mol. The average molecular weight is 629 g/mol. The van der Waals surface area contributed by atoms with Crippen LogP contribution < -0.4 is 10.9 Å². The molecule has 1 N–H and O–H groups in total. The van der Waals surface area contributed by atoms with Crippen molar-refractivity contribution in [3.05, 3.63) is 110 Å². The predicted octanol–water partition coefficient (Wildman–Crippen LogP) is 7.71. The van der Waals surface area contributed by atoms with Gasteiger partial charge in [-0.3, -0.25) is 14.2 Å². The summed E-state index contributed by atoms with van der Waals surface area (Å²) in [5.74, 6) is -0.169. The number of nitrogens with one attached hydrogen (secondary N) is 1. The van der Waals surface area contributed by atoms with Gasteiger partial charge in [0.05, 0.1) is 28.2 Å². The van der Waals surface area contributed by atoms with Gasteiger partial charge in [0, 0.05) is 42.2 Å². The molecule has 1 fully saturated rings. The molecule has 1 saturated heterocycles. The molecule has 45 heavy (non-hydrogen) atoms. The maximum atomic E-state index is 14.7. The van der Waals surface area contributed by atoms with Crippen LogP contribution in [0.25, 0.3) is 33.6 Å². The molecule has 9 heteroatoms. The Morgan fingerprint density at radius 1 is 1.13 bits per heavy atom. The van der Waals surface area contributed by atoms with E-state index in [0.29, 0.717) is 65.6 Å². The third-order valence-corrected chi connectivity index (χ3v) is 8.93. The topological polar surface area (TPSA) is 67.2 Å². The Hall–Kier alpha value is -4.21. The number of alkyl halides is 2. The number of carbonyl (C=O) groups is 1. The highest BCUT2D eigenvalue weighted by atomic mass is 32.1. The Morgan fingerprint density at radius 2 is 1.82 bits per heavy atom. The molecule has 5 rings (SSSR count). The first-order valence-electron chi connectivity index (χ1n) is 15.2. The number of hydrogen-bond acceptors (Lipinski definition) is 5. The number of para-hydroxylation sites is 1. The molecule has 0 unspecified atom stereocenters. The molecular formula is C36H38F2N4O2S. The lowest BCUT2D eigenvalue weighted by molar-refractivity contribution is 0.0716. The van der Waals surface area contributed by atoms with Crippen molar-refractivity contribution in [2.75, 3.05) is 19.6 Å². The highest BCUT2D eigenvalue weighted by Gasteiger charge is 2.29. The number of aryl methyl sites for hydroxylation is 2. The van der Waals surface area contributed by atoms with E-state index in [9.17, 15) is 18.4 Å². The number of nitrogens with zero attached hydrogens (tertiary/aromatic N) is 3. The van der Waals surface area contributed by atoms with Crippen molar-refractivity contribution >= 4 is 23.3 Å². The molecule has 3 heterocycles. The molecule has 1 aliphatic rings. The number of benzene rings is 2. The van der Waals surface area contributed by atoms with Crippen LogP contribution in [0.3, 0.4) is 0 Å². The Kier molecular flexibility index (Phi) is 9.90. The van der Waals surface area contributed by atoms with Gasteiger partial charge in [-0.2, -0.15) is 0 Å². The highest BCUT2D eigenvalue weighted by Crippen LogP contribution is 2.32. The molecule has 0 spiro atoms. The van der Waals surface area contributed by atoms with Crippen LogP contribution in [0.15, 0.2) is 76.9 Å². The lowest BCUT2D eigenvalue weighted by Crippen LogP contribution is -2.52. The summed E-state index contributed by atoms with van der Waals surface area (Å²) in [5, 5.41) is 5.63. The number of allylic oxidation sites excluding steroid dienone is 1. The Bertz CT molecular complexity index is 1780. The Morgan fingerprint density at radius 3 is 2.42 bits per heavy atom. The van der Waals surface area contributed by atoms with E-state index in [1.165, 1.54) is 23.5 Å². The largest absolute Gasteiger partial charge is 0.335 e. The van der Waals surface area contributed by atoms with Crippen molar-refractivity contribution in [3.8, 4) is 27.5 Å². The van der Waals surface area contributed by atoms with Crippen molar-refractivity contribution in [3.63, 3.8) is 0 Å². The van der Waals surface area contributed by atoms with Gasteiger partial charge in [0.2, 0.25) is 0 Å². The number of carbonyl (C=O) groups excluding carboxylic acids is 1. The molecule has 0 saturated carbocycles. The maximum Gasteiger partial charge on any atom is 0.265 e. The molecule has 1 amide bonds. The lowest BCUT2D eigenvalue weighted by atomic mass is 9.99. The molecule has 6 nitrogen and oxygen atoms in total. The van der Waals surface area contributed by atoms with E-state index in [4.69, 9.17) is 4.98 Å². The minimum atomic E-state index is -2.56. The van der Waals surface area contributed by atoms with Crippen LogP contribution in [0.1, 0.15) is 66.9 Å². The van der Waals surface area contributed by atoms with Gasteiger partial charge in [-0.05, 0) is 50.0 Å². The molecule has 2 aromatic carbocycles. The van der Waals surface area contributed by atoms with Crippen LogP contribution in [0.2, 0.25) is 0 Å². The van der Waals surface area contributed by atoms with Crippen LogP contribution in [0.4, 0.5) is 8.78 Å². The van der Waals surface area contributed by atoms with Gasteiger partial charge in [-0.25, -0.2) is 13.8 Å². The van der Waals surface area contributed by atoms with Crippen molar-refractivity contribution in [2.24, 2.45) is 0 Å². The van der Waals surface area contributed by atoms with Crippen LogP contribution in [-0.2, 0) is 12.8 Å². The van der Waals surface area contributed by atoms with Gasteiger partial charge >= 0.3 is 0 Å². The van der Waals surface area contributed by atoms with E-state index in [0.717, 1.165) is 22.4 Å². The summed E-state index contributed by atoms with van der Waals surface area (Å²) in [7, 11) is 0. The first-order valence-corrected chi connectivity index (χ1v) is 16.1. The number of aromatic nitrogens is 2. The van der Waals surface area contributed by atoms with Gasteiger partial charge in [0.15, 0.2) is 0 Å². The fourth-order valence-electron chi connectivity index (χ4n) is 5.72. The lowest BCUT2D eigenvalue weighted by Gasteiger charge is -2.33. The first kappa shape index (κ1) is 32.2. The molecule has 0 bridgehead atoms. The molecule has 4 aromatic rings. The van der Waals surface area contributed by atoms with E-state index in [1.807, 2.05) is 48.4 Å². The number of halogens is 2. The monoisotopic (exact) mass is 628 g/mol. The number of piperazine rings is 1. The smallest absolute Gasteiger partial charge is 0.265 e. The van der Waals surface area contributed by atoms with Gasteiger partial charge in [-0.1, -0.05) is 68.0 Å². The predicted molar refractivity (Wildman–Crippen MR) is 180 cm³/mol. The molecule has 2 aromatic heterocycles. The summed E-state index contributed by atoms with van der Waals surface area (Å²) in [6.45, 7) is 13.5. The van der Waals surface area contributed by atoms with Crippen molar-refractivity contribution < 1.29 is 13.6 Å². The quantitative estimate of drug-likeness (QED) is 0.193. The van der Waals surface area contributed by atoms with E-state index >= 15 is 0 Å². The van der Waals surface area contributed by atoms with Crippen molar-refractivity contribution in [1.82, 2.24) is 19.8 Å². The third kappa shape index (κ3) is 6.60. The second-order valence-electron chi connectivity index (χ2n) is 11.4. The summed E-state index contributed by atoms with van der Waals surface area (Å²) >= 11 is 1.29. The zero-order chi connectivity index (χ0) is 32.2. The van der Waals surface area contributed by atoms with Crippen LogP contribution in [0.5, 0.6) is 0 Å². The number of thiazole rings is 1. The molecule has 1 aliphatic heterocycles. The molecule has 0 radical (unpaired) electrons. The standard InChI is InChI=1S/C36H38F2N4O2S/c1-6-23-10-9-11-24(7-2)32(23)42-31(18-22(4)5)28(35(43)41-17-16-39-27(8-3)20-41)19-29(36(42)44)34-40-30(21-45-34)25-12-14-26(15-13-25)33(37)38/h8-15,18-19,21,27,33,39H,3,6-7,16-17,20H2,1-2,4-5H3/t27-/m0/s1. The highest BCUT2D eigenvalue weighted by molar-refractivity contribution is 7.13. The van der Waals surface area contributed by atoms with Gasteiger partial charge in [0.1, 0.15) is 5.01 Å². The van der Waals surface area contributed by atoms with Crippen LogP contribution in [-0.4, -0.2) is 46.0 Å². The Labute approximate surface area is 266 Å². The Balaban J connectivity index is 1.78. The summed E-state index contributed by atoms with van der Waals surface area (Å²) in [6, 6.07) is 13.7. The fourth-order valence-corrected chi connectivity index (χ4v) is 6.55. The first-order chi connectivity index (χ1) is 21.7. The van der Waals surface area contributed by atoms with E-state index in [1.54, 1.807) is 28.8 Å². The SMILES string of the molecule is C=C[C@H]1CN(C(=O)c2cc(-c3nc(-c4ccc(C(F)F)cc4)cs3)c(=O)n(-c3c(CC)cccc3CC)c2C=C(C)C)CCN1. The zero-order valence-electron chi connectivity index (χ0n) is 26.1. The minimum Gasteiger partial charge on any atom is -0.335 e. The number of rotatable bonds is 9. The van der Waals surface area contributed by atoms with Crippen LogP contribution in [0, 0.1) is 0 Å². The van der Waals surface area contributed by atoms with E-state index < -0.39 is 6.43 Å². The van der Waals surface area contributed by atoms with Gasteiger partial charge in [0.25, 0.3) is 17.9 Å². The summed E-state index contributed by atoms with van der Waals surface area (Å²) in [6.07, 6.45) is 2.56. The molecule has 1 atom stereocenters. The van der Waals surface area contributed by atoms with Crippen molar-refractivity contribution in [2.45, 2.75) is 53.0 Å². The number of pyridine rings is 1. The van der Waals surface area contributed by atoms with Gasteiger partial charge in [-0.15, -0.1) is 17.9 Å². The summed E-state index contributed by atoms with van der Waals surface area (Å²) in [4.78, 5) is 35.7. The van der Waals surface area contributed by atoms with Crippen LogP contribution >= 0.6 is 11.3 Å². The van der Waals surface area contributed by atoms with Gasteiger partial charge < -0.3 is 10.2 Å². The normalized spacial score (nSPS) is 14.9. The average Bonchev–Trinajstić information content (AvgIpc) is 3.54. The maximum absolute atomic E-state index is 14.7. The van der Waals surface area contributed by atoms with E-state index in [2.05, 4.69) is 25.7 Å². The summed E-state index contributed by atoms with van der Waals surface area (Å²) < 4.78 is 28.0. The second kappa shape index (κ2) is 13.8. The molecule has 0 aliphatic carbocycles. The second-order valence-corrected chi connectivity index (χ2v) is 12.2. The third-order valence-electron chi connectivity index (χ3n) is 8.05. The zero-order valence-corrected chi connectivity index (χ0v) is 26.9.